The molecule has 7 heteroatoms. The molecule has 0 aliphatic carbocycles. The molecule has 3 aromatic rings. The fourth-order valence-corrected chi connectivity index (χ4v) is 2.60. The quantitative estimate of drug-likeness (QED) is 0.718. The smallest absolute Gasteiger partial charge is 0.323 e. The van der Waals surface area contributed by atoms with Crippen molar-refractivity contribution in [3.63, 3.8) is 0 Å². The molecule has 0 saturated carbocycles. The maximum absolute atomic E-state index is 12.4. The number of benzene rings is 2. The fraction of sp³-hybridized carbons (Fsp3) is 0.111. The number of aromatic nitrogens is 1. The van der Waals surface area contributed by atoms with E-state index in [-0.39, 0.29) is 0 Å². The van der Waals surface area contributed by atoms with E-state index in [0.717, 1.165) is 5.39 Å². The van der Waals surface area contributed by atoms with Gasteiger partial charge < -0.3 is 20.1 Å². The van der Waals surface area contributed by atoms with Crippen molar-refractivity contribution in [2.24, 2.45) is 0 Å². The average molecular weight is 358 g/mol. The summed E-state index contributed by atoms with van der Waals surface area (Å²) in [6, 6.07) is 11.8. The molecule has 2 N–H and O–H groups in total. The highest BCUT2D eigenvalue weighted by Gasteiger charge is 2.12. The monoisotopic (exact) mass is 357 g/mol. The van der Waals surface area contributed by atoms with Crippen LogP contribution in [0.1, 0.15) is 0 Å². The Kier molecular flexibility index (Phi) is 4.90. The number of amides is 2. The molecule has 2 amide bonds. The summed E-state index contributed by atoms with van der Waals surface area (Å²) in [6.45, 7) is 0. The lowest BCUT2D eigenvalue weighted by molar-refractivity contribution is 0.262. The Morgan fingerprint density at radius 2 is 1.84 bits per heavy atom. The van der Waals surface area contributed by atoms with Gasteiger partial charge in [-0.15, -0.1) is 0 Å². The third kappa shape index (κ3) is 3.75. The lowest BCUT2D eigenvalue weighted by Crippen LogP contribution is -2.20. The van der Waals surface area contributed by atoms with Crippen LogP contribution in [0, 0.1) is 0 Å². The Bertz CT molecular complexity index is 931. The molecular weight excluding hydrogens is 342 g/mol. The molecule has 0 bridgehead atoms. The van der Waals surface area contributed by atoms with Gasteiger partial charge in [-0.05, 0) is 30.3 Å². The van der Waals surface area contributed by atoms with Gasteiger partial charge in [0.1, 0.15) is 11.5 Å². The van der Waals surface area contributed by atoms with Crippen molar-refractivity contribution in [1.29, 1.82) is 0 Å². The van der Waals surface area contributed by atoms with Gasteiger partial charge in [-0.2, -0.15) is 0 Å². The van der Waals surface area contributed by atoms with Crippen LogP contribution in [0.15, 0.2) is 48.7 Å². The molecule has 0 spiro atoms. The van der Waals surface area contributed by atoms with Crippen LogP contribution in [0.3, 0.4) is 0 Å². The number of ether oxygens (including phenoxy) is 2. The summed E-state index contributed by atoms with van der Waals surface area (Å²) in [5.74, 6) is 1.13. The molecule has 3 rings (SSSR count). The van der Waals surface area contributed by atoms with Crippen molar-refractivity contribution in [2.75, 3.05) is 24.9 Å². The van der Waals surface area contributed by atoms with Crippen LogP contribution in [0.2, 0.25) is 5.02 Å². The number of pyridine rings is 1. The molecule has 0 aliphatic rings. The van der Waals surface area contributed by atoms with E-state index in [4.69, 9.17) is 21.1 Å². The summed E-state index contributed by atoms with van der Waals surface area (Å²) in [5.41, 5.74) is 1.66. The summed E-state index contributed by atoms with van der Waals surface area (Å²) in [7, 11) is 3.09. The Morgan fingerprint density at radius 1 is 1.04 bits per heavy atom. The van der Waals surface area contributed by atoms with E-state index >= 15 is 0 Å². The third-order valence-electron chi connectivity index (χ3n) is 3.57. The molecule has 0 radical (unpaired) electrons. The highest BCUT2D eigenvalue weighted by atomic mass is 35.5. The standard InChI is InChI=1S/C18H16ClN3O3/c1-24-13-8-11-4-3-7-20-17(11)15(10-13)22-18(23)21-14-9-12(19)5-6-16(14)25-2/h3-10H,1-2H3,(H2,21,22,23). The van der Waals surface area contributed by atoms with E-state index in [9.17, 15) is 4.79 Å². The van der Waals surface area contributed by atoms with Gasteiger partial charge in [0.15, 0.2) is 0 Å². The zero-order chi connectivity index (χ0) is 17.8. The highest BCUT2D eigenvalue weighted by Crippen LogP contribution is 2.30. The first-order valence-corrected chi connectivity index (χ1v) is 7.83. The minimum Gasteiger partial charge on any atom is -0.497 e. The van der Waals surface area contributed by atoms with Crippen LogP contribution in [-0.2, 0) is 0 Å². The largest absolute Gasteiger partial charge is 0.497 e. The van der Waals surface area contributed by atoms with E-state index in [2.05, 4.69) is 15.6 Å². The van der Waals surface area contributed by atoms with Gasteiger partial charge in [0.05, 0.1) is 31.1 Å². The van der Waals surface area contributed by atoms with Crippen molar-refractivity contribution in [3.05, 3.63) is 53.7 Å². The molecule has 25 heavy (non-hydrogen) atoms. The zero-order valence-corrected chi connectivity index (χ0v) is 14.4. The van der Waals surface area contributed by atoms with Crippen molar-refractivity contribution in [3.8, 4) is 11.5 Å². The van der Waals surface area contributed by atoms with Gasteiger partial charge in [0, 0.05) is 22.7 Å². The number of methoxy groups -OCH3 is 2. The van der Waals surface area contributed by atoms with Crippen molar-refractivity contribution >= 4 is 39.9 Å². The maximum Gasteiger partial charge on any atom is 0.323 e. The normalized spacial score (nSPS) is 10.4. The second-order valence-corrected chi connectivity index (χ2v) is 5.61. The van der Waals surface area contributed by atoms with E-state index in [1.54, 1.807) is 37.6 Å². The van der Waals surface area contributed by atoms with E-state index < -0.39 is 6.03 Å². The minimum absolute atomic E-state index is 0.444. The number of hydrogen-bond acceptors (Lipinski definition) is 4. The van der Waals surface area contributed by atoms with E-state index in [1.807, 2.05) is 18.2 Å². The van der Waals surface area contributed by atoms with Gasteiger partial charge in [-0.3, -0.25) is 4.98 Å². The second kappa shape index (κ2) is 7.27. The molecule has 1 aromatic heterocycles. The summed E-state index contributed by atoms with van der Waals surface area (Å²) in [4.78, 5) is 16.7. The van der Waals surface area contributed by atoms with Gasteiger partial charge >= 0.3 is 6.03 Å². The predicted molar refractivity (Wildman–Crippen MR) is 98.9 cm³/mol. The summed E-state index contributed by atoms with van der Waals surface area (Å²) >= 11 is 5.98. The molecule has 0 aliphatic heterocycles. The van der Waals surface area contributed by atoms with Gasteiger partial charge in [-0.25, -0.2) is 4.79 Å². The molecular formula is C18H16ClN3O3. The number of carbonyl (C=O) groups is 1. The number of urea groups is 1. The number of carbonyl (C=O) groups excluding carboxylic acids is 1. The number of anilines is 2. The van der Waals surface area contributed by atoms with Crippen molar-refractivity contribution in [1.82, 2.24) is 4.98 Å². The van der Waals surface area contributed by atoms with Crippen LogP contribution in [0.25, 0.3) is 10.9 Å². The minimum atomic E-state index is -0.444. The first kappa shape index (κ1) is 16.9. The van der Waals surface area contributed by atoms with Crippen molar-refractivity contribution in [2.45, 2.75) is 0 Å². The average Bonchev–Trinajstić information content (AvgIpc) is 2.61. The number of nitrogens with zero attached hydrogens (tertiary/aromatic N) is 1. The van der Waals surface area contributed by atoms with Crippen LogP contribution < -0.4 is 20.1 Å². The zero-order valence-electron chi connectivity index (χ0n) is 13.7. The third-order valence-corrected chi connectivity index (χ3v) is 3.81. The Morgan fingerprint density at radius 3 is 2.60 bits per heavy atom. The number of nitrogens with one attached hydrogen (secondary N) is 2. The Balaban J connectivity index is 1.89. The highest BCUT2D eigenvalue weighted by molar-refractivity contribution is 6.31. The van der Waals surface area contributed by atoms with Crippen LogP contribution in [0.5, 0.6) is 11.5 Å². The van der Waals surface area contributed by atoms with Crippen LogP contribution in [-0.4, -0.2) is 25.2 Å². The van der Waals surface area contributed by atoms with Gasteiger partial charge in [0.25, 0.3) is 0 Å². The second-order valence-electron chi connectivity index (χ2n) is 5.17. The van der Waals surface area contributed by atoms with Gasteiger partial charge in [-0.1, -0.05) is 17.7 Å². The predicted octanol–water partition coefficient (Wildman–Crippen LogP) is 4.55. The molecule has 0 saturated heterocycles. The molecule has 1 heterocycles. The summed E-state index contributed by atoms with van der Waals surface area (Å²) in [5, 5.41) is 6.86. The Hall–Kier alpha value is -2.99. The molecule has 6 nitrogen and oxygen atoms in total. The first-order chi connectivity index (χ1) is 12.1. The molecule has 0 atom stereocenters. The lowest BCUT2D eigenvalue weighted by Gasteiger charge is -2.13. The number of fused-ring (bicyclic) bond motifs is 1. The lowest BCUT2D eigenvalue weighted by atomic mass is 10.2. The summed E-state index contributed by atoms with van der Waals surface area (Å²) in [6.07, 6.45) is 1.66. The number of hydrogen-bond donors (Lipinski definition) is 2. The molecule has 2 aromatic carbocycles. The topological polar surface area (TPSA) is 72.5 Å². The van der Waals surface area contributed by atoms with Crippen molar-refractivity contribution < 1.29 is 14.3 Å². The first-order valence-electron chi connectivity index (χ1n) is 7.45. The molecule has 128 valence electrons. The molecule has 0 fully saturated rings. The van der Waals surface area contributed by atoms with E-state index in [1.165, 1.54) is 7.11 Å². The number of rotatable bonds is 4. The molecule has 0 unspecified atom stereocenters. The van der Waals surface area contributed by atoms with Crippen LogP contribution in [0.4, 0.5) is 16.2 Å². The summed E-state index contributed by atoms with van der Waals surface area (Å²) < 4.78 is 10.5. The fourth-order valence-electron chi connectivity index (χ4n) is 2.43. The SMILES string of the molecule is COc1cc(NC(=O)Nc2cc(Cl)ccc2OC)c2ncccc2c1. The Labute approximate surface area is 149 Å². The van der Waals surface area contributed by atoms with E-state index in [0.29, 0.717) is 33.4 Å². The van der Waals surface area contributed by atoms with Crippen LogP contribution >= 0.6 is 11.6 Å². The van der Waals surface area contributed by atoms with Gasteiger partial charge in [0.2, 0.25) is 0 Å². The maximum atomic E-state index is 12.4. The number of halogens is 1.